The summed E-state index contributed by atoms with van der Waals surface area (Å²) in [5.41, 5.74) is 10.2. The molecule has 0 nitrogen and oxygen atoms in total. The Morgan fingerprint density at radius 2 is 1.84 bits per heavy atom. The number of rotatable bonds is 0. The largest absolute Gasteiger partial charge is 0.120 e. The van der Waals surface area contributed by atoms with E-state index in [4.69, 9.17) is 0 Å². The molecule has 0 aromatic heterocycles. The molecule has 0 unspecified atom stereocenters. The minimum absolute atomic E-state index is 0.0895. The maximum absolute atomic E-state index is 3.23. The zero-order valence-corrected chi connectivity index (χ0v) is 12.5. The van der Waals surface area contributed by atoms with E-state index >= 15 is 0 Å². The van der Waals surface area contributed by atoms with Gasteiger partial charge < -0.3 is 0 Å². The van der Waals surface area contributed by atoms with Gasteiger partial charge in [-0.1, -0.05) is 63.6 Å². The summed E-state index contributed by atoms with van der Waals surface area (Å²) in [6.07, 6.45) is 8.38. The Labute approximate surface area is 116 Å². The van der Waals surface area contributed by atoms with Crippen molar-refractivity contribution in [1.82, 2.24) is 0 Å². The molecule has 0 saturated heterocycles. The fourth-order valence-electron chi connectivity index (χ4n) is 2.81. The van der Waals surface area contributed by atoms with Gasteiger partial charge in [0, 0.05) is 5.41 Å². The Kier molecular flexibility index (Phi) is 3.64. The number of benzene rings is 1. The summed E-state index contributed by atoms with van der Waals surface area (Å²) in [6, 6.07) is 6.76. The number of aryl methyl sites for hydroxylation is 1. The van der Waals surface area contributed by atoms with Gasteiger partial charge in [0.2, 0.25) is 0 Å². The van der Waals surface area contributed by atoms with Gasteiger partial charge >= 0.3 is 0 Å². The summed E-state index contributed by atoms with van der Waals surface area (Å²) in [5, 5.41) is 0. The molecule has 0 amide bonds. The zero-order chi connectivity index (χ0) is 14.0. The van der Waals surface area contributed by atoms with E-state index in [1.807, 2.05) is 19.9 Å². The molecule has 0 radical (unpaired) electrons. The lowest BCUT2D eigenvalue weighted by Crippen LogP contribution is -2.16. The van der Waals surface area contributed by atoms with Crippen LogP contribution in [0.25, 0.3) is 5.57 Å². The minimum atomic E-state index is 0.0895. The molecule has 3 rings (SSSR count). The fourth-order valence-corrected chi connectivity index (χ4v) is 2.81. The monoisotopic (exact) mass is 250 g/mol. The van der Waals surface area contributed by atoms with Gasteiger partial charge in [0.25, 0.3) is 0 Å². The fraction of sp³-hybridized carbons (Fsp3) is 0.316. The smallest absolute Gasteiger partial charge is 0.0165 e. The average molecular weight is 250 g/mol. The van der Waals surface area contributed by atoms with Crippen LogP contribution < -0.4 is 0 Å². The molecule has 98 valence electrons. The highest BCUT2D eigenvalue weighted by Crippen LogP contribution is 2.47. The Hall–Kier alpha value is -1.78. The second-order valence-electron chi connectivity index (χ2n) is 5.34. The molecule has 0 N–H and O–H groups in total. The van der Waals surface area contributed by atoms with Crippen molar-refractivity contribution in [3.63, 3.8) is 0 Å². The summed E-state index contributed by atoms with van der Waals surface area (Å²) in [6.45, 7) is 10.8. The number of fused-ring (bicyclic) bond motifs is 2. The maximum atomic E-state index is 3.23. The van der Waals surface area contributed by atoms with Crippen LogP contribution in [0.2, 0.25) is 0 Å². The first kappa shape index (κ1) is 13.6. The summed E-state index contributed by atoms with van der Waals surface area (Å²) in [4.78, 5) is 0. The van der Waals surface area contributed by atoms with Crippen LogP contribution in [0.1, 0.15) is 44.4 Å². The Morgan fingerprint density at radius 1 is 1.11 bits per heavy atom. The second kappa shape index (κ2) is 5.07. The van der Waals surface area contributed by atoms with Gasteiger partial charge in [-0.3, -0.25) is 0 Å². The Bertz CT molecular complexity index is 615. The van der Waals surface area contributed by atoms with Gasteiger partial charge in [-0.25, -0.2) is 0 Å². The van der Waals surface area contributed by atoms with Crippen LogP contribution in [0.3, 0.4) is 0 Å². The molecule has 0 fully saturated rings. The van der Waals surface area contributed by atoms with Gasteiger partial charge in [-0.05, 0) is 41.3 Å². The van der Waals surface area contributed by atoms with E-state index in [9.17, 15) is 0 Å². The van der Waals surface area contributed by atoms with Gasteiger partial charge in [-0.15, -0.1) is 5.73 Å². The normalized spacial score (nSPS) is 17.5. The summed E-state index contributed by atoms with van der Waals surface area (Å²) in [5.74, 6) is 0. The lowest BCUT2D eigenvalue weighted by Gasteiger charge is -2.22. The van der Waals surface area contributed by atoms with Crippen molar-refractivity contribution in [1.29, 1.82) is 0 Å². The van der Waals surface area contributed by atoms with E-state index in [1.54, 1.807) is 0 Å². The molecular formula is C19H22. The predicted molar refractivity (Wildman–Crippen MR) is 84.3 cm³/mol. The molecule has 2 aliphatic carbocycles. The molecule has 0 aliphatic heterocycles. The maximum Gasteiger partial charge on any atom is 0.0165 e. The second-order valence-corrected chi connectivity index (χ2v) is 5.34. The van der Waals surface area contributed by atoms with E-state index < -0.39 is 0 Å². The Balaban J connectivity index is 0.000000637. The summed E-state index contributed by atoms with van der Waals surface area (Å²) >= 11 is 0. The van der Waals surface area contributed by atoms with Gasteiger partial charge in [0.05, 0.1) is 0 Å². The van der Waals surface area contributed by atoms with E-state index in [-0.39, 0.29) is 5.41 Å². The summed E-state index contributed by atoms with van der Waals surface area (Å²) < 4.78 is 0. The van der Waals surface area contributed by atoms with E-state index in [0.29, 0.717) is 0 Å². The number of hydrogen-bond acceptors (Lipinski definition) is 0. The molecule has 0 heterocycles. The Morgan fingerprint density at radius 3 is 2.58 bits per heavy atom. The molecule has 0 saturated carbocycles. The molecule has 1 aromatic carbocycles. The quantitative estimate of drug-likeness (QED) is 0.545. The third-order valence-corrected chi connectivity index (χ3v) is 3.79. The van der Waals surface area contributed by atoms with Crippen molar-refractivity contribution in [3.8, 4) is 0 Å². The van der Waals surface area contributed by atoms with Crippen LogP contribution in [0.4, 0.5) is 0 Å². The van der Waals surface area contributed by atoms with Crippen molar-refractivity contribution in [2.45, 2.75) is 40.0 Å². The molecule has 2 aliphatic rings. The first-order valence-corrected chi connectivity index (χ1v) is 7.06. The van der Waals surface area contributed by atoms with Crippen LogP contribution in [-0.2, 0) is 5.41 Å². The predicted octanol–water partition coefficient (Wildman–Crippen LogP) is 5.35. The number of hydrogen-bond donors (Lipinski definition) is 0. The lowest BCUT2D eigenvalue weighted by atomic mass is 9.81. The molecule has 1 aromatic rings. The van der Waals surface area contributed by atoms with Crippen molar-refractivity contribution in [2.75, 3.05) is 0 Å². The van der Waals surface area contributed by atoms with Gasteiger partial charge in [0.1, 0.15) is 0 Å². The first-order chi connectivity index (χ1) is 9.10. The first-order valence-electron chi connectivity index (χ1n) is 7.06. The van der Waals surface area contributed by atoms with E-state index in [0.717, 1.165) is 0 Å². The van der Waals surface area contributed by atoms with Crippen LogP contribution >= 0.6 is 0 Å². The molecule has 0 heteroatoms. The third kappa shape index (κ3) is 2.13. The third-order valence-electron chi connectivity index (χ3n) is 3.79. The zero-order valence-electron chi connectivity index (χ0n) is 12.5. The lowest BCUT2D eigenvalue weighted by molar-refractivity contribution is 0.654. The van der Waals surface area contributed by atoms with Crippen LogP contribution in [0, 0.1) is 6.92 Å². The molecule has 19 heavy (non-hydrogen) atoms. The topological polar surface area (TPSA) is 0 Å². The molecular weight excluding hydrogens is 228 g/mol. The van der Waals surface area contributed by atoms with Crippen molar-refractivity contribution >= 4 is 5.57 Å². The highest BCUT2D eigenvalue weighted by Gasteiger charge is 2.35. The average Bonchev–Trinajstić information content (AvgIpc) is 2.60. The van der Waals surface area contributed by atoms with Crippen LogP contribution in [0.15, 0.2) is 53.8 Å². The minimum Gasteiger partial charge on any atom is -0.120 e. The van der Waals surface area contributed by atoms with E-state index in [1.165, 1.54) is 27.8 Å². The SMILES string of the molecule is CC.Cc1ccc2c(c1)C(C)(C)C1=C2C=CC=C=C1. The van der Waals surface area contributed by atoms with Crippen LogP contribution in [0.5, 0.6) is 0 Å². The van der Waals surface area contributed by atoms with Crippen molar-refractivity contribution < 1.29 is 0 Å². The van der Waals surface area contributed by atoms with E-state index in [2.05, 4.69) is 62.9 Å². The van der Waals surface area contributed by atoms with Gasteiger partial charge in [0.15, 0.2) is 0 Å². The number of allylic oxidation sites excluding steroid dienone is 5. The molecule has 0 atom stereocenters. The standard InChI is InChI=1S/C17H16.C2H6/c1-12-9-10-14-13-7-5-4-6-8-15(13)17(2,3)16(14)11-12;1-2/h4-5,7-11H,1-3H3;1-2H3. The van der Waals surface area contributed by atoms with Crippen molar-refractivity contribution in [3.05, 3.63) is 70.5 Å². The molecule has 0 spiro atoms. The van der Waals surface area contributed by atoms with Crippen molar-refractivity contribution in [2.24, 2.45) is 0 Å². The summed E-state index contributed by atoms with van der Waals surface area (Å²) in [7, 11) is 0. The highest BCUT2D eigenvalue weighted by molar-refractivity contribution is 5.88. The highest BCUT2D eigenvalue weighted by atomic mass is 14.4. The van der Waals surface area contributed by atoms with Crippen LogP contribution in [-0.4, -0.2) is 0 Å². The van der Waals surface area contributed by atoms with Gasteiger partial charge in [-0.2, -0.15) is 0 Å². The molecule has 0 bridgehead atoms.